The zero-order valence-corrected chi connectivity index (χ0v) is 20.0. The van der Waals surface area contributed by atoms with Crippen molar-refractivity contribution in [2.45, 2.75) is 38.2 Å². The molecule has 168 valence electrons. The van der Waals surface area contributed by atoms with E-state index in [2.05, 4.69) is 30.6 Å². The third-order valence-electron chi connectivity index (χ3n) is 4.83. The van der Waals surface area contributed by atoms with Crippen LogP contribution < -0.4 is 5.32 Å². The van der Waals surface area contributed by atoms with Crippen LogP contribution in [-0.4, -0.2) is 35.9 Å². The summed E-state index contributed by atoms with van der Waals surface area (Å²) < 4.78 is 1.64. The number of nitrogens with zero attached hydrogens (tertiary/aromatic N) is 6. The number of aromatic nitrogens is 6. The van der Waals surface area contributed by atoms with Crippen molar-refractivity contribution in [3.8, 4) is 5.69 Å². The van der Waals surface area contributed by atoms with Crippen LogP contribution in [0.3, 0.4) is 0 Å². The number of rotatable bonds is 7. The number of pyridine rings is 1. The minimum absolute atomic E-state index is 0.236. The lowest BCUT2D eigenvalue weighted by atomic mass is 10.2. The highest BCUT2D eigenvalue weighted by molar-refractivity contribution is 7.98. The Morgan fingerprint density at radius 1 is 1.09 bits per heavy atom. The zero-order chi connectivity index (χ0) is 23.4. The monoisotopic (exact) mass is 479 g/mol. The summed E-state index contributed by atoms with van der Waals surface area (Å²) in [6.07, 6.45) is 1.69. The minimum Gasteiger partial charge on any atom is -0.345 e. The number of carbonyl (C=O) groups excluding carboxylic acids is 1. The molecule has 0 radical (unpaired) electrons. The second kappa shape index (κ2) is 10.1. The van der Waals surface area contributed by atoms with Crippen molar-refractivity contribution in [3.05, 3.63) is 87.7 Å². The zero-order valence-electron chi connectivity index (χ0n) is 18.4. The molecule has 10 heteroatoms. The molecule has 0 spiro atoms. The largest absolute Gasteiger partial charge is 0.345 e. The molecule has 1 aromatic carbocycles. The molecule has 33 heavy (non-hydrogen) atoms. The molecule has 4 rings (SSSR count). The van der Waals surface area contributed by atoms with E-state index >= 15 is 0 Å². The van der Waals surface area contributed by atoms with Gasteiger partial charge in [-0.1, -0.05) is 40.7 Å². The maximum atomic E-state index is 13.0. The van der Waals surface area contributed by atoms with Crippen molar-refractivity contribution >= 4 is 29.3 Å². The summed E-state index contributed by atoms with van der Waals surface area (Å²) >= 11 is 7.76. The molecule has 0 aliphatic carbocycles. The third-order valence-corrected chi connectivity index (χ3v) is 6.10. The van der Waals surface area contributed by atoms with Gasteiger partial charge >= 0.3 is 0 Å². The predicted molar refractivity (Wildman–Crippen MR) is 128 cm³/mol. The third kappa shape index (κ3) is 5.55. The van der Waals surface area contributed by atoms with Gasteiger partial charge in [-0.25, -0.2) is 14.6 Å². The van der Waals surface area contributed by atoms with Crippen molar-refractivity contribution in [2.24, 2.45) is 0 Å². The second-order valence-corrected chi connectivity index (χ2v) is 8.81. The first-order chi connectivity index (χ1) is 15.9. The Hall–Kier alpha value is -3.30. The average molecular weight is 480 g/mol. The summed E-state index contributed by atoms with van der Waals surface area (Å²) in [5, 5.41) is 12.6. The van der Waals surface area contributed by atoms with Gasteiger partial charge in [0, 0.05) is 28.4 Å². The molecule has 0 aliphatic heterocycles. The molecule has 8 nitrogen and oxygen atoms in total. The lowest BCUT2D eigenvalue weighted by Crippen LogP contribution is -2.25. The van der Waals surface area contributed by atoms with Gasteiger partial charge in [-0.05, 0) is 56.7 Å². The fourth-order valence-electron chi connectivity index (χ4n) is 3.18. The van der Waals surface area contributed by atoms with Crippen molar-refractivity contribution in [1.29, 1.82) is 0 Å². The summed E-state index contributed by atoms with van der Waals surface area (Å²) in [7, 11) is 0. The van der Waals surface area contributed by atoms with Gasteiger partial charge in [-0.15, -0.1) is 5.10 Å². The van der Waals surface area contributed by atoms with E-state index in [1.165, 1.54) is 11.8 Å². The molecular formula is C23H22ClN7OS. The van der Waals surface area contributed by atoms with E-state index in [9.17, 15) is 4.79 Å². The number of carbonyl (C=O) groups is 1. The molecule has 0 bridgehead atoms. The fraction of sp³-hybridized carbons (Fsp3) is 0.217. The molecule has 0 unspecified atom stereocenters. The summed E-state index contributed by atoms with van der Waals surface area (Å²) in [6, 6.07) is 13.1. The van der Waals surface area contributed by atoms with Crippen LogP contribution in [0.15, 0.2) is 53.8 Å². The van der Waals surface area contributed by atoms with Crippen molar-refractivity contribution < 1.29 is 4.79 Å². The van der Waals surface area contributed by atoms with Crippen molar-refractivity contribution in [3.63, 3.8) is 0 Å². The average Bonchev–Trinajstić information content (AvgIpc) is 3.22. The molecule has 0 atom stereocenters. The van der Waals surface area contributed by atoms with Crippen LogP contribution in [0, 0.1) is 20.8 Å². The Morgan fingerprint density at radius 2 is 1.88 bits per heavy atom. The Kier molecular flexibility index (Phi) is 7.00. The number of benzene rings is 1. The Labute approximate surface area is 200 Å². The number of hydrogen-bond donors (Lipinski definition) is 1. The molecule has 0 saturated carbocycles. The van der Waals surface area contributed by atoms with Crippen LogP contribution >= 0.6 is 23.4 Å². The van der Waals surface area contributed by atoms with Crippen LogP contribution in [0.1, 0.15) is 38.8 Å². The summed E-state index contributed by atoms with van der Waals surface area (Å²) in [4.78, 5) is 26.2. The van der Waals surface area contributed by atoms with Gasteiger partial charge in [0.15, 0.2) is 10.9 Å². The Morgan fingerprint density at radius 3 is 2.58 bits per heavy atom. The topological polar surface area (TPSA) is 98.5 Å². The number of hydrogen-bond acceptors (Lipinski definition) is 7. The van der Waals surface area contributed by atoms with Gasteiger partial charge in [-0.2, -0.15) is 0 Å². The number of halogens is 1. The highest BCUT2D eigenvalue weighted by Crippen LogP contribution is 2.25. The molecule has 0 aliphatic rings. The molecule has 3 aromatic heterocycles. The van der Waals surface area contributed by atoms with Crippen LogP contribution in [0.25, 0.3) is 5.69 Å². The Bertz CT molecular complexity index is 1270. The van der Waals surface area contributed by atoms with Gasteiger partial charge in [0.05, 0.1) is 23.6 Å². The molecule has 4 aromatic rings. The summed E-state index contributed by atoms with van der Waals surface area (Å²) in [6.45, 7) is 6.07. The SMILES string of the molecule is Cc1cc(C)nc(SCc2c(C(=O)NCc3ccccn3)nnn2-c2ccc(C)c(Cl)c2)n1. The lowest BCUT2D eigenvalue weighted by molar-refractivity contribution is 0.0944. The number of nitrogens with one attached hydrogen (secondary N) is 1. The first-order valence-electron chi connectivity index (χ1n) is 10.2. The fourth-order valence-corrected chi connectivity index (χ4v) is 4.29. The first kappa shape index (κ1) is 22.9. The predicted octanol–water partition coefficient (Wildman–Crippen LogP) is 4.25. The van der Waals surface area contributed by atoms with E-state index in [1.54, 1.807) is 10.9 Å². The molecule has 3 heterocycles. The quantitative estimate of drug-likeness (QED) is 0.312. The maximum Gasteiger partial charge on any atom is 0.274 e. The standard InChI is InChI=1S/C23H22ClN7OS/c1-14-7-8-18(11-19(14)24)31-20(13-33-23-27-15(2)10-16(3)28-23)21(29-30-31)22(32)26-12-17-6-4-5-9-25-17/h4-11H,12-13H2,1-3H3,(H,26,32). The van der Waals surface area contributed by atoms with E-state index in [4.69, 9.17) is 11.6 Å². The van der Waals surface area contributed by atoms with Gasteiger partial charge in [-0.3, -0.25) is 9.78 Å². The van der Waals surface area contributed by atoms with E-state index in [-0.39, 0.29) is 18.1 Å². The van der Waals surface area contributed by atoms with Crippen molar-refractivity contribution in [1.82, 2.24) is 35.3 Å². The van der Waals surface area contributed by atoms with E-state index in [1.807, 2.05) is 63.2 Å². The molecule has 1 amide bonds. The highest BCUT2D eigenvalue weighted by Gasteiger charge is 2.22. The normalized spacial score (nSPS) is 10.9. The van der Waals surface area contributed by atoms with Gasteiger partial charge < -0.3 is 5.32 Å². The minimum atomic E-state index is -0.331. The van der Waals surface area contributed by atoms with Crippen LogP contribution in [0.5, 0.6) is 0 Å². The molecular weight excluding hydrogens is 458 g/mol. The van der Waals surface area contributed by atoms with Crippen molar-refractivity contribution in [2.75, 3.05) is 0 Å². The number of amides is 1. The molecule has 0 saturated heterocycles. The van der Waals surface area contributed by atoms with E-state index in [0.717, 1.165) is 28.3 Å². The van der Waals surface area contributed by atoms with E-state index in [0.29, 0.717) is 21.6 Å². The summed E-state index contributed by atoms with van der Waals surface area (Å²) in [5.41, 5.74) is 5.06. The van der Waals surface area contributed by atoms with Crippen LogP contribution in [0.4, 0.5) is 0 Å². The first-order valence-corrected chi connectivity index (χ1v) is 11.6. The maximum absolute atomic E-state index is 13.0. The number of thioether (sulfide) groups is 1. The van der Waals surface area contributed by atoms with Crippen LogP contribution in [0.2, 0.25) is 5.02 Å². The molecule has 0 fully saturated rings. The summed E-state index contributed by atoms with van der Waals surface area (Å²) in [5.74, 6) is 0.0651. The molecule has 1 N–H and O–H groups in total. The lowest BCUT2D eigenvalue weighted by Gasteiger charge is -2.10. The second-order valence-electron chi connectivity index (χ2n) is 7.46. The smallest absolute Gasteiger partial charge is 0.274 e. The van der Waals surface area contributed by atoms with Crippen LogP contribution in [-0.2, 0) is 12.3 Å². The van der Waals surface area contributed by atoms with Gasteiger partial charge in [0.1, 0.15) is 0 Å². The Balaban J connectivity index is 1.64. The highest BCUT2D eigenvalue weighted by atomic mass is 35.5. The van der Waals surface area contributed by atoms with Gasteiger partial charge in [0.2, 0.25) is 0 Å². The number of aryl methyl sites for hydroxylation is 3. The van der Waals surface area contributed by atoms with E-state index < -0.39 is 0 Å². The van der Waals surface area contributed by atoms with Gasteiger partial charge in [0.25, 0.3) is 5.91 Å².